The molecule has 0 amide bonds. The van der Waals surface area contributed by atoms with Crippen LogP contribution in [0.15, 0.2) is 10.9 Å². The molecule has 2 rings (SSSR count). The molecule has 3 nitrogen and oxygen atoms in total. The van der Waals surface area contributed by atoms with Crippen molar-refractivity contribution in [3.8, 4) is 0 Å². The van der Waals surface area contributed by atoms with Crippen molar-refractivity contribution in [3.63, 3.8) is 0 Å². The number of rotatable bonds is 1. The van der Waals surface area contributed by atoms with Crippen LogP contribution in [0.3, 0.4) is 0 Å². The second-order valence-electron chi connectivity index (χ2n) is 3.38. The van der Waals surface area contributed by atoms with Crippen LogP contribution < -0.4 is 5.56 Å². The molecule has 0 N–H and O–H groups in total. The molecule has 1 aliphatic carbocycles. The number of aromatic nitrogens is 2. The van der Waals surface area contributed by atoms with Gasteiger partial charge in [-0.25, -0.2) is 4.98 Å². The quantitative estimate of drug-likeness (QED) is 0.625. The fraction of sp³-hybridized carbons (Fsp3) is 0.556. The lowest BCUT2D eigenvalue weighted by Crippen LogP contribution is -2.22. The molecule has 12 heavy (non-hydrogen) atoms. The van der Waals surface area contributed by atoms with Crippen LogP contribution in [0.4, 0.5) is 0 Å². The third-order valence-corrected chi connectivity index (χ3v) is 2.17. The topological polar surface area (TPSA) is 34.9 Å². The van der Waals surface area contributed by atoms with E-state index in [0.29, 0.717) is 6.04 Å². The van der Waals surface area contributed by atoms with Gasteiger partial charge in [-0.1, -0.05) is 0 Å². The number of hydrogen-bond acceptors (Lipinski definition) is 2. The summed E-state index contributed by atoms with van der Waals surface area (Å²) < 4.78 is 1.80. The van der Waals surface area contributed by atoms with Gasteiger partial charge in [0.05, 0.1) is 0 Å². The van der Waals surface area contributed by atoms with Crippen molar-refractivity contribution in [3.05, 3.63) is 27.9 Å². The van der Waals surface area contributed by atoms with Crippen molar-refractivity contribution in [2.45, 2.75) is 32.7 Å². The number of nitrogens with zero attached hydrogens (tertiary/aromatic N) is 2. The summed E-state index contributed by atoms with van der Waals surface area (Å²) in [7, 11) is 0. The maximum Gasteiger partial charge on any atom is 0.253 e. The van der Waals surface area contributed by atoms with E-state index in [-0.39, 0.29) is 5.56 Å². The Kier molecular flexibility index (Phi) is 1.53. The minimum atomic E-state index is 0.0995. The summed E-state index contributed by atoms with van der Waals surface area (Å²) in [6.45, 7) is 3.75. The molecule has 0 aliphatic heterocycles. The Labute approximate surface area is 71.1 Å². The lowest BCUT2D eigenvalue weighted by atomic mass is 10.4. The van der Waals surface area contributed by atoms with Crippen molar-refractivity contribution in [2.75, 3.05) is 0 Å². The molecule has 64 valence electrons. The Morgan fingerprint density at radius 3 is 2.67 bits per heavy atom. The van der Waals surface area contributed by atoms with Crippen LogP contribution in [0.1, 0.15) is 30.4 Å². The first-order valence-corrected chi connectivity index (χ1v) is 4.25. The molecule has 0 radical (unpaired) electrons. The van der Waals surface area contributed by atoms with Gasteiger partial charge in [0.1, 0.15) is 5.82 Å². The molecule has 1 aliphatic rings. The van der Waals surface area contributed by atoms with Gasteiger partial charge in [0, 0.05) is 17.8 Å². The van der Waals surface area contributed by atoms with Gasteiger partial charge >= 0.3 is 0 Å². The molecule has 0 spiro atoms. The SMILES string of the molecule is Cc1cc(=O)n(C2CC2)c(C)n1. The summed E-state index contributed by atoms with van der Waals surface area (Å²) in [6, 6.07) is 2.04. The molecular formula is C9H12N2O. The first-order valence-electron chi connectivity index (χ1n) is 4.25. The zero-order chi connectivity index (χ0) is 8.72. The zero-order valence-corrected chi connectivity index (χ0v) is 7.37. The van der Waals surface area contributed by atoms with Crippen molar-refractivity contribution in [2.24, 2.45) is 0 Å². The molecule has 3 heteroatoms. The van der Waals surface area contributed by atoms with Gasteiger partial charge < -0.3 is 0 Å². The largest absolute Gasteiger partial charge is 0.294 e. The molecule has 0 aromatic carbocycles. The molecular weight excluding hydrogens is 152 g/mol. The summed E-state index contributed by atoms with van der Waals surface area (Å²) in [5.74, 6) is 0.850. The highest BCUT2D eigenvalue weighted by atomic mass is 16.1. The fourth-order valence-corrected chi connectivity index (χ4v) is 1.53. The highest BCUT2D eigenvalue weighted by Gasteiger charge is 2.25. The molecule has 1 saturated carbocycles. The molecule has 1 heterocycles. The zero-order valence-electron chi connectivity index (χ0n) is 7.37. The predicted octanol–water partition coefficient (Wildman–Crippen LogP) is 1.20. The van der Waals surface area contributed by atoms with Crippen LogP contribution in [0.2, 0.25) is 0 Å². The highest BCUT2D eigenvalue weighted by molar-refractivity contribution is 5.04. The standard InChI is InChI=1S/C9H12N2O/c1-6-5-9(12)11(7(2)10-6)8-3-4-8/h5,8H,3-4H2,1-2H3. The average Bonchev–Trinajstić information content (AvgIpc) is 2.68. The van der Waals surface area contributed by atoms with E-state index in [4.69, 9.17) is 0 Å². The average molecular weight is 164 g/mol. The molecule has 1 aromatic rings. The van der Waals surface area contributed by atoms with E-state index in [1.54, 1.807) is 10.6 Å². The van der Waals surface area contributed by atoms with Gasteiger partial charge in [-0.2, -0.15) is 0 Å². The van der Waals surface area contributed by atoms with Crippen LogP contribution in [-0.2, 0) is 0 Å². The van der Waals surface area contributed by atoms with Gasteiger partial charge in [-0.05, 0) is 26.7 Å². The lowest BCUT2D eigenvalue weighted by Gasteiger charge is -2.06. The Bertz CT molecular complexity index is 363. The summed E-state index contributed by atoms with van der Waals surface area (Å²) >= 11 is 0. The number of aryl methyl sites for hydroxylation is 2. The first-order chi connectivity index (χ1) is 5.68. The van der Waals surface area contributed by atoms with Crippen LogP contribution in [0, 0.1) is 13.8 Å². The minimum Gasteiger partial charge on any atom is -0.294 e. The molecule has 1 aromatic heterocycles. The first kappa shape index (κ1) is 7.53. The van der Waals surface area contributed by atoms with E-state index in [1.165, 1.54) is 0 Å². The summed E-state index contributed by atoms with van der Waals surface area (Å²) in [4.78, 5) is 15.7. The van der Waals surface area contributed by atoms with Gasteiger partial charge in [0.2, 0.25) is 0 Å². The van der Waals surface area contributed by atoms with Gasteiger partial charge in [-0.3, -0.25) is 9.36 Å². The third kappa shape index (κ3) is 1.15. The van der Waals surface area contributed by atoms with E-state index < -0.39 is 0 Å². The molecule has 1 fully saturated rings. The highest BCUT2D eigenvalue weighted by Crippen LogP contribution is 2.33. The predicted molar refractivity (Wildman–Crippen MR) is 46.2 cm³/mol. The van der Waals surface area contributed by atoms with Crippen molar-refractivity contribution >= 4 is 0 Å². The van der Waals surface area contributed by atoms with E-state index >= 15 is 0 Å². The van der Waals surface area contributed by atoms with Gasteiger partial charge in [0.25, 0.3) is 5.56 Å². The molecule has 0 bridgehead atoms. The molecule has 0 atom stereocenters. The summed E-state index contributed by atoms with van der Waals surface area (Å²) in [6.07, 6.45) is 2.26. The van der Waals surface area contributed by atoms with Crippen LogP contribution in [0.5, 0.6) is 0 Å². The Morgan fingerprint density at radius 2 is 2.17 bits per heavy atom. The van der Waals surface area contributed by atoms with Gasteiger partial charge in [0.15, 0.2) is 0 Å². The molecule has 0 unspecified atom stereocenters. The lowest BCUT2D eigenvalue weighted by molar-refractivity contribution is 0.653. The third-order valence-electron chi connectivity index (χ3n) is 2.17. The van der Waals surface area contributed by atoms with Crippen LogP contribution in [-0.4, -0.2) is 9.55 Å². The van der Waals surface area contributed by atoms with Crippen molar-refractivity contribution < 1.29 is 0 Å². The van der Waals surface area contributed by atoms with Crippen LogP contribution in [0.25, 0.3) is 0 Å². The Hall–Kier alpha value is -1.12. The smallest absolute Gasteiger partial charge is 0.253 e. The normalized spacial score (nSPS) is 16.5. The second kappa shape index (κ2) is 2.44. The van der Waals surface area contributed by atoms with E-state index in [9.17, 15) is 4.79 Å². The van der Waals surface area contributed by atoms with Crippen LogP contribution >= 0.6 is 0 Å². The number of hydrogen-bond donors (Lipinski definition) is 0. The Balaban J connectivity index is 2.59. The van der Waals surface area contributed by atoms with Crippen molar-refractivity contribution in [1.82, 2.24) is 9.55 Å². The molecule has 0 saturated heterocycles. The Morgan fingerprint density at radius 1 is 1.50 bits per heavy atom. The fourth-order valence-electron chi connectivity index (χ4n) is 1.53. The van der Waals surface area contributed by atoms with E-state index in [0.717, 1.165) is 24.4 Å². The van der Waals surface area contributed by atoms with E-state index in [2.05, 4.69) is 4.98 Å². The summed E-state index contributed by atoms with van der Waals surface area (Å²) in [5.41, 5.74) is 0.914. The second-order valence-corrected chi connectivity index (χ2v) is 3.38. The van der Waals surface area contributed by atoms with Gasteiger partial charge in [-0.15, -0.1) is 0 Å². The summed E-state index contributed by atoms with van der Waals surface area (Å²) in [5, 5.41) is 0. The maximum atomic E-state index is 11.5. The maximum absolute atomic E-state index is 11.5. The minimum absolute atomic E-state index is 0.0995. The van der Waals surface area contributed by atoms with Crippen molar-refractivity contribution in [1.29, 1.82) is 0 Å². The monoisotopic (exact) mass is 164 g/mol. The van der Waals surface area contributed by atoms with E-state index in [1.807, 2.05) is 13.8 Å².